The molecule has 2 aromatic carbocycles. The lowest BCUT2D eigenvalue weighted by Gasteiger charge is -2.46. The van der Waals surface area contributed by atoms with Crippen LogP contribution in [0.4, 0.5) is 5.69 Å². The van der Waals surface area contributed by atoms with Gasteiger partial charge in [-0.25, -0.2) is 0 Å². The van der Waals surface area contributed by atoms with Gasteiger partial charge in [-0.2, -0.15) is 0 Å². The lowest BCUT2D eigenvalue weighted by Crippen LogP contribution is -2.56. The summed E-state index contributed by atoms with van der Waals surface area (Å²) < 4.78 is 5.91. The first-order chi connectivity index (χ1) is 14.1. The number of ether oxygens (including phenoxy) is 1. The smallest absolute Gasteiger partial charge is 0.258 e. The minimum atomic E-state index is -0.583. The highest BCUT2D eigenvalue weighted by Crippen LogP contribution is 2.38. The molecule has 2 aromatic rings. The van der Waals surface area contributed by atoms with Crippen LogP contribution in [0.3, 0.4) is 0 Å². The molecular formula is C25H34N2O2. The Balaban J connectivity index is 1.73. The van der Waals surface area contributed by atoms with E-state index in [9.17, 15) is 4.79 Å². The van der Waals surface area contributed by atoms with Crippen LogP contribution >= 0.6 is 0 Å². The van der Waals surface area contributed by atoms with Gasteiger partial charge in [0, 0.05) is 12.2 Å². The van der Waals surface area contributed by atoms with Crippen LogP contribution in [0.15, 0.2) is 48.5 Å². The number of carbonyl (C=O) groups excluding carboxylic acids is 1. The van der Waals surface area contributed by atoms with E-state index >= 15 is 0 Å². The Kier molecular flexibility index (Phi) is 7.18. The van der Waals surface area contributed by atoms with Crippen LogP contribution < -0.4 is 10.1 Å². The first kappa shape index (κ1) is 21.2. The number of anilines is 1. The van der Waals surface area contributed by atoms with Gasteiger partial charge in [-0.1, -0.05) is 63.8 Å². The van der Waals surface area contributed by atoms with Gasteiger partial charge >= 0.3 is 0 Å². The second kappa shape index (κ2) is 9.82. The topological polar surface area (TPSA) is 41.6 Å². The van der Waals surface area contributed by atoms with Gasteiger partial charge in [0.15, 0.2) is 0 Å². The zero-order valence-electron chi connectivity index (χ0n) is 18.0. The zero-order valence-corrected chi connectivity index (χ0v) is 18.0. The van der Waals surface area contributed by atoms with Crippen LogP contribution in [0, 0.1) is 0 Å². The van der Waals surface area contributed by atoms with Crippen molar-refractivity contribution in [3.05, 3.63) is 59.7 Å². The number of para-hydroxylation sites is 1. The summed E-state index contributed by atoms with van der Waals surface area (Å²) in [6, 6.07) is 15.9. The maximum Gasteiger partial charge on any atom is 0.258 e. The van der Waals surface area contributed by atoms with Crippen molar-refractivity contribution in [3.8, 4) is 5.75 Å². The van der Waals surface area contributed by atoms with Crippen molar-refractivity contribution in [2.24, 2.45) is 0 Å². The average Bonchev–Trinajstić information content (AvgIpc) is 2.74. The van der Waals surface area contributed by atoms with Crippen molar-refractivity contribution < 1.29 is 9.53 Å². The summed E-state index contributed by atoms with van der Waals surface area (Å²) in [7, 11) is 0. The molecule has 0 aliphatic carbocycles. The third-order valence-corrected chi connectivity index (χ3v) is 5.70. The first-order valence-electron chi connectivity index (χ1n) is 11.0. The quantitative estimate of drug-likeness (QED) is 0.489. The van der Waals surface area contributed by atoms with Crippen molar-refractivity contribution in [3.63, 3.8) is 0 Å². The summed E-state index contributed by atoms with van der Waals surface area (Å²) in [4.78, 5) is 15.1. The number of nitrogens with zero attached hydrogens (tertiary/aromatic N) is 1. The van der Waals surface area contributed by atoms with Crippen LogP contribution in [-0.4, -0.2) is 24.0 Å². The van der Waals surface area contributed by atoms with Gasteiger partial charge in [-0.3, -0.25) is 4.79 Å². The van der Waals surface area contributed by atoms with Crippen LogP contribution in [0.5, 0.6) is 5.75 Å². The Labute approximate surface area is 175 Å². The Bertz CT molecular complexity index is 803. The van der Waals surface area contributed by atoms with E-state index in [1.54, 1.807) is 0 Å². The SMILES string of the molecule is CCCCCCCOc1ccc(C2(C)Nc3ccccc3C(=O)N2CCC)cc1. The Morgan fingerprint density at radius 3 is 2.38 bits per heavy atom. The number of fused-ring (bicyclic) bond motifs is 1. The summed E-state index contributed by atoms with van der Waals surface area (Å²) in [5.41, 5.74) is 2.10. The molecule has 1 aliphatic rings. The minimum Gasteiger partial charge on any atom is -0.494 e. The van der Waals surface area contributed by atoms with Crippen LogP contribution in [-0.2, 0) is 5.66 Å². The molecule has 1 unspecified atom stereocenters. The largest absolute Gasteiger partial charge is 0.494 e. The molecule has 156 valence electrons. The molecule has 4 nitrogen and oxygen atoms in total. The fourth-order valence-corrected chi connectivity index (χ4v) is 4.00. The van der Waals surface area contributed by atoms with E-state index in [4.69, 9.17) is 4.74 Å². The molecule has 0 spiro atoms. The van der Waals surface area contributed by atoms with E-state index in [1.807, 2.05) is 41.3 Å². The van der Waals surface area contributed by atoms with Crippen molar-refractivity contribution in [1.82, 2.24) is 4.90 Å². The highest BCUT2D eigenvalue weighted by Gasteiger charge is 2.41. The maximum atomic E-state index is 13.2. The second-order valence-corrected chi connectivity index (χ2v) is 7.99. The number of nitrogens with one attached hydrogen (secondary N) is 1. The third-order valence-electron chi connectivity index (χ3n) is 5.70. The van der Waals surface area contributed by atoms with E-state index in [0.29, 0.717) is 6.54 Å². The number of rotatable bonds is 10. The summed E-state index contributed by atoms with van der Waals surface area (Å²) >= 11 is 0. The van der Waals surface area contributed by atoms with Crippen LogP contribution in [0.25, 0.3) is 0 Å². The monoisotopic (exact) mass is 394 g/mol. The number of benzene rings is 2. The number of unbranched alkanes of at least 4 members (excludes halogenated alkanes) is 4. The molecule has 0 saturated carbocycles. The fraction of sp³-hybridized carbons (Fsp3) is 0.480. The Morgan fingerprint density at radius 2 is 1.66 bits per heavy atom. The Morgan fingerprint density at radius 1 is 0.931 bits per heavy atom. The molecule has 29 heavy (non-hydrogen) atoms. The van der Waals surface area contributed by atoms with Gasteiger partial charge in [-0.05, 0) is 49.6 Å². The molecule has 1 heterocycles. The van der Waals surface area contributed by atoms with Gasteiger partial charge in [0.1, 0.15) is 11.4 Å². The summed E-state index contributed by atoms with van der Waals surface area (Å²) in [5, 5.41) is 3.61. The maximum absolute atomic E-state index is 13.2. The van der Waals surface area contributed by atoms with Crippen molar-refractivity contribution >= 4 is 11.6 Å². The average molecular weight is 395 g/mol. The summed E-state index contributed by atoms with van der Waals surface area (Å²) in [6.07, 6.45) is 7.07. The highest BCUT2D eigenvalue weighted by molar-refractivity contribution is 6.02. The molecular weight excluding hydrogens is 360 g/mol. The zero-order chi connectivity index (χ0) is 20.7. The highest BCUT2D eigenvalue weighted by atomic mass is 16.5. The van der Waals surface area contributed by atoms with Gasteiger partial charge in [0.05, 0.1) is 12.2 Å². The molecule has 0 radical (unpaired) electrons. The molecule has 0 aromatic heterocycles. The minimum absolute atomic E-state index is 0.0797. The number of hydrogen-bond donors (Lipinski definition) is 1. The normalized spacial score (nSPS) is 18.3. The molecule has 3 rings (SSSR count). The predicted molar refractivity (Wildman–Crippen MR) is 119 cm³/mol. The van der Waals surface area contributed by atoms with Gasteiger partial charge in [0.2, 0.25) is 0 Å². The number of hydrogen-bond acceptors (Lipinski definition) is 3. The van der Waals surface area contributed by atoms with E-state index in [1.165, 1.54) is 25.7 Å². The van der Waals surface area contributed by atoms with E-state index in [0.717, 1.165) is 42.0 Å². The molecule has 1 amide bonds. The Hall–Kier alpha value is -2.49. The van der Waals surface area contributed by atoms with Gasteiger partial charge in [0.25, 0.3) is 5.91 Å². The van der Waals surface area contributed by atoms with Crippen LogP contribution in [0.1, 0.15) is 75.2 Å². The van der Waals surface area contributed by atoms with Gasteiger partial charge in [-0.15, -0.1) is 0 Å². The van der Waals surface area contributed by atoms with Crippen molar-refractivity contribution in [2.75, 3.05) is 18.5 Å². The standard InChI is InChI=1S/C25H34N2O2/c1-4-6-7-8-11-19-29-21-16-14-20(15-17-21)25(3)26-23-13-10-9-12-22(23)24(28)27(25)18-5-2/h9-10,12-17,26H,4-8,11,18-19H2,1-3H3. The molecule has 1 N–H and O–H groups in total. The van der Waals surface area contributed by atoms with E-state index in [2.05, 4.69) is 38.2 Å². The fourth-order valence-electron chi connectivity index (χ4n) is 4.00. The molecule has 4 heteroatoms. The summed E-state index contributed by atoms with van der Waals surface area (Å²) in [5.74, 6) is 0.966. The lowest BCUT2D eigenvalue weighted by atomic mass is 9.93. The third kappa shape index (κ3) is 4.75. The van der Waals surface area contributed by atoms with Crippen molar-refractivity contribution in [1.29, 1.82) is 0 Å². The number of carbonyl (C=O) groups is 1. The van der Waals surface area contributed by atoms with Crippen LogP contribution in [0.2, 0.25) is 0 Å². The van der Waals surface area contributed by atoms with Gasteiger partial charge < -0.3 is 15.0 Å². The molecule has 1 atom stereocenters. The molecule has 0 saturated heterocycles. The lowest BCUT2D eigenvalue weighted by molar-refractivity contribution is 0.0535. The second-order valence-electron chi connectivity index (χ2n) is 7.99. The molecule has 0 fully saturated rings. The van der Waals surface area contributed by atoms with Crippen molar-refractivity contribution in [2.45, 2.75) is 65.0 Å². The first-order valence-corrected chi connectivity index (χ1v) is 11.0. The molecule has 1 aliphatic heterocycles. The van der Waals surface area contributed by atoms with E-state index in [-0.39, 0.29) is 5.91 Å². The molecule has 0 bridgehead atoms. The number of amides is 1. The van der Waals surface area contributed by atoms with E-state index < -0.39 is 5.66 Å². The predicted octanol–water partition coefficient (Wildman–Crippen LogP) is 6.19. The summed E-state index contributed by atoms with van der Waals surface area (Å²) in [6.45, 7) is 7.87.